The number of halogens is 1. The van der Waals surface area contributed by atoms with Gasteiger partial charge in [-0.1, -0.05) is 28.3 Å². The highest BCUT2D eigenvalue weighted by Gasteiger charge is 2.57. The number of aliphatic carboxylic acids is 1. The topological polar surface area (TPSA) is 272 Å². The van der Waals surface area contributed by atoms with Crippen molar-refractivity contribution in [3.05, 3.63) is 40.3 Å². The largest absolute Gasteiger partial charge is 0.504 e. The number of thioether (sulfide) groups is 2. The van der Waals surface area contributed by atoms with Crippen LogP contribution >= 0.6 is 58.6 Å². The number of hydrogen-bond acceptors (Lipinski definition) is 17. The summed E-state index contributed by atoms with van der Waals surface area (Å²) in [6.07, 6.45) is -1.35. The molecule has 18 nitrogen and oxygen atoms in total. The molecule has 48 heavy (non-hydrogen) atoms. The summed E-state index contributed by atoms with van der Waals surface area (Å²) in [5, 5.41) is 44.1. The summed E-state index contributed by atoms with van der Waals surface area (Å²) in [5.74, 6) is -4.67. The molecule has 0 radical (unpaired) electrons. The Morgan fingerprint density at radius 2 is 2.00 bits per heavy atom. The van der Waals surface area contributed by atoms with Crippen LogP contribution in [0.15, 0.2) is 38.6 Å². The summed E-state index contributed by atoms with van der Waals surface area (Å²) in [5.41, 5.74) is 9.84. The molecule has 4 atom stereocenters. The number of hydrogen-bond donors (Lipinski definition) is 7. The number of aromatic hydroxyl groups is 2. The molecule has 2 aromatic heterocycles. The van der Waals surface area contributed by atoms with E-state index in [-0.39, 0.29) is 52.6 Å². The fraction of sp³-hybridized carbons (Fsp3) is 0.320. The van der Waals surface area contributed by atoms with E-state index in [9.17, 15) is 39.3 Å². The quantitative estimate of drug-likeness (QED) is 0.0454. The number of benzene rings is 1. The number of phenols is 2. The summed E-state index contributed by atoms with van der Waals surface area (Å²) < 4.78 is 0.612. The summed E-state index contributed by atoms with van der Waals surface area (Å²) >= 11 is 4.77. The number of nitrogens with two attached hydrogens (primary N) is 1. The molecule has 5 rings (SSSR count). The molecule has 8 N–H and O–H groups in total. The van der Waals surface area contributed by atoms with E-state index in [4.69, 9.17) is 10.6 Å². The molecule has 0 spiro atoms. The number of amides is 4. The zero-order chi connectivity index (χ0) is 33.9. The van der Waals surface area contributed by atoms with Gasteiger partial charge in [0, 0.05) is 29.0 Å². The van der Waals surface area contributed by atoms with Crippen LogP contribution in [0.1, 0.15) is 23.0 Å². The Kier molecular flexibility index (Phi) is 11.6. The van der Waals surface area contributed by atoms with Crippen molar-refractivity contribution < 1.29 is 44.1 Å². The Labute approximate surface area is 293 Å². The average Bonchev–Trinajstić information content (AvgIpc) is 3.74. The van der Waals surface area contributed by atoms with Crippen LogP contribution in [0.3, 0.4) is 0 Å². The van der Waals surface area contributed by atoms with E-state index >= 15 is 0 Å². The van der Waals surface area contributed by atoms with Gasteiger partial charge >= 0.3 is 5.97 Å². The molecule has 2 fully saturated rings. The van der Waals surface area contributed by atoms with Gasteiger partial charge in [0.25, 0.3) is 17.7 Å². The number of carbonyl (C=O) groups is 5. The number of carboxylic acids is 1. The van der Waals surface area contributed by atoms with Crippen LogP contribution in [0.25, 0.3) is 0 Å². The van der Waals surface area contributed by atoms with E-state index < -0.39 is 64.0 Å². The number of carbonyl (C=O) groups excluding carboxylic acids is 4. The first-order chi connectivity index (χ1) is 22.4. The van der Waals surface area contributed by atoms with E-state index in [1.54, 1.807) is 5.51 Å². The summed E-state index contributed by atoms with van der Waals surface area (Å²) in [6.45, 7) is 1.23. The number of rotatable bonds is 11. The summed E-state index contributed by atoms with van der Waals surface area (Å²) in [6, 6.07) is 2.31. The second-order valence-electron chi connectivity index (χ2n) is 10.1. The Morgan fingerprint density at radius 3 is 2.65 bits per heavy atom. The number of phenolic OH excluding ortho intramolecular Hbond substituents is 2. The van der Waals surface area contributed by atoms with Gasteiger partial charge in [0.05, 0.1) is 0 Å². The van der Waals surface area contributed by atoms with Crippen LogP contribution in [-0.2, 0) is 24.0 Å². The lowest BCUT2D eigenvalue weighted by Crippen LogP contribution is -2.74. The standard InChI is InChI=1S/C25H25N9O9S4.ClH/c1-10(17(37)30-31-18(38)11-2-3-13(35)14(36)4-11)43-33-15(12-5-44-23(26)28-12)19(39)29-16-20(40)34-6-25(22(41)42,7-45-21(16)34)8-46-24-32-27-9-47-24;/h2-5,9-10,16,21,35-36H,6-8H2,1H3,(H2,26,28)(H,29,39)(H,30,37)(H,31,38)(H,41,42);1H/t10?,16?,21-,25?;/m1./s1. The minimum absolute atomic E-state index is 0. The number of nitrogen functional groups attached to an aromatic ring is 1. The minimum Gasteiger partial charge on any atom is -0.504 e. The number of nitrogens with zero attached hydrogens (tertiary/aromatic N) is 5. The number of aromatic nitrogens is 3. The normalized spacial score (nSPS) is 20.7. The smallest absolute Gasteiger partial charge is 0.313 e. The Hall–Kier alpha value is -4.38. The third-order valence-corrected chi connectivity index (χ3v) is 11.3. The third-order valence-electron chi connectivity index (χ3n) is 6.88. The predicted molar refractivity (Wildman–Crippen MR) is 177 cm³/mol. The van der Waals surface area contributed by atoms with Crippen LogP contribution in [0.5, 0.6) is 11.5 Å². The van der Waals surface area contributed by atoms with E-state index in [1.807, 2.05) is 0 Å². The molecule has 0 aliphatic carbocycles. The van der Waals surface area contributed by atoms with Gasteiger partial charge in [-0.2, -0.15) is 0 Å². The Bertz CT molecular complexity index is 1740. The lowest BCUT2D eigenvalue weighted by molar-refractivity contribution is -0.157. The number of fused-ring (bicyclic) bond motifs is 1. The zero-order valence-corrected chi connectivity index (χ0v) is 28.5. The second-order valence-corrected chi connectivity index (χ2v) is 14.2. The van der Waals surface area contributed by atoms with Gasteiger partial charge in [-0.05, 0) is 25.1 Å². The molecule has 256 valence electrons. The lowest BCUT2D eigenvalue weighted by atomic mass is 9.89. The molecule has 3 unspecified atom stereocenters. The molecule has 2 aliphatic rings. The van der Waals surface area contributed by atoms with Crippen LogP contribution in [0.4, 0.5) is 5.13 Å². The number of nitrogens with one attached hydrogen (secondary N) is 3. The molecular formula is C25H26ClN9O9S4. The van der Waals surface area contributed by atoms with E-state index in [0.29, 0.717) is 4.34 Å². The van der Waals surface area contributed by atoms with Gasteiger partial charge in [0.15, 0.2) is 26.7 Å². The number of β-lactam (4-membered cyclic amide) rings is 1. The van der Waals surface area contributed by atoms with Gasteiger partial charge in [-0.25, -0.2) is 4.98 Å². The minimum atomic E-state index is -1.35. The van der Waals surface area contributed by atoms with Crippen LogP contribution in [0, 0.1) is 5.41 Å². The Balaban J connectivity index is 0.00000520. The number of thiazole rings is 1. The van der Waals surface area contributed by atoms with Crippen LogP contribution < -0.4 is 21.9 Å². The first kappa shape index (κ1) is 36.5. The number of carboxylic acid groups (broad SMARTS) is 1. The van der Waals surface area contributed by atoms with Gasteiger partial charge in [0.1, 0.15) is 28.0 Å². The third kappa shape index (κ3) is 7.84. The molecule has 0 bridgehead atoms. The number of anilines is 1. The fourth-order valence-electron chi connectivity index (χ4n) is 4.28. The average molecular weight is 760 g/mol. The molecule has 23 heteroatoms. The van der Waals surface area contributed by atoms with Crippen molar-refractivity contribution in [2.45, 2.75) is 28.8 Å². The van der Waals surface area contributed by atoms with Crippen molar-refractivity contribution >= 4 is 99.0 Å². The maximum atomic E-state index is 13.4. The highest BCUT2D eigenvalue weighted by Crippen LogP contribution is 2.44. The van der Waals surface area contributed by atoms with E-state index in [2.05, 4.69) is 36.5 Å². The SMILES string of the molecule is CC(ON=C(C(=O)NC1C(=O)N2CC(CSc3nncs3)(C(=O)O)CS[C@H]12)c1csc(N)n1)C(=O)NNC(=O)c1ccc(O)c(O)c1.Cl. The summed E-state index contributed by atoms with van der Waals surface area (Å²) in [4.78, 5) is 74.2. The monoisotopic (exact) mass is 759 g/mol. The van der Waals surface area contributed by atoms with E-state index in [0.717, 1.165) is 23.5 Å². The fourth-order valence-corrected chi connectivity index (χ4v) is 8.18. The highest BCUT2D eigenvalue weighted by atomic mass is 35.5. The van der Waals surface area contributed by atoms with Crippen LogP contribution in [-0.4, -0.2) is 106 Å². The lowest BCUT2D eigenvalue weighted by Gasteiger charge is -2.53. The van der Waals surface area contributed by atoms with Crippen molar-refractivity contribution in [2.24, 2.45) is 10.6 Å². The zero-order valence-electron chi connectivity index (χ0n) is 24.4. The van der Waals surface area contributed by atoms with E-state index in [1.165, 1.54) is 58.1 Å². The number of hydrazine groups is 1. The highest BCUT2D eigenvalue weighted by molar-refractivity contribution is 8.01. The molecule has 2 saturated heterocycles. The van der Waals surface area contributed by atoms with Gasteiger partial charge in [0.2, 0.25) is 12.0 Å². The number of oxime groups is 1. The van der Waals surface area contributed by atoms with Crippen LogP contribution in [0.2, 0.25) is 0 Å². The van der Waals surface area contributed by atoms with Crippen molar-refractivity contribution in [3.8, 4) is 11.5 Å². The maximum absolute atomic E-state index is 13.4. The summed E-state index contributed by atoms with van der Waals surface area (Å²) in [7, 11) is 0. The predicted octanol–water partition coefficient (Wildman–Crippen LogP) is 0.243. The van der Waals surface area contributed by atoms with Gasteiger partial charge < -0.3 is 36.1 Å². The first-order valence-corrected chi connectivity index (χ1v) is 17.1. The van der Waals surface area contributed by atoms with Crippen molar-refractivity contribution in [2.75, 3.05) is 23.8 Å². The van der Waals surface area contributed by atoms with Crippen molar-refractivity contribution in [1.82, 2.24) is 36.2 Å². The molecule has 1 aromatic carbocycles. The van der Waals surface area contributed by atoms with Crippen molar-refractivity contribution in [1.29, 1.82) is 0 Å². The molecule has 0 saturated carbocycles. The molecular weight excluding hydrogens is 734 g/mol. The van der Waals surface area contributed by atoms with Crippen molar-refractivity contribution in [3.63, 3.8) is 0 Å². The van der Waals surface area contributed by atoms with Gasteiger partial charge in [-0.15, -0.1) is 45.7 Å². The molecule has 2 aliphatic heterocycles. The van der Waals surface area contributed by atoms with Gasteiger partial charge in [-0.3, -0.25) is 34.8 Å². The molecule has 4 heterocycles. The Morgan fingerprint density at radius 1 is 1.23 bits per heavy atom. The first-order valence-electron chi connectivity index (χ1n) is 13.3. The maximum Gasteiger partial charge on any atom is 0.313 e. The molecule has 4 amide bonds. The molecule has 3 aromatic rings. The second kappa shape index (κ2) is 15.2.